The van der Waals surface area contributed by atoms with Gasteiger partial charge in [-0.25, -0.2) is 4.72 Å². The van der Waals surface area contributed by atoms with Gasteiger partial charge in [-0.2, -0.15) is 12.7 Å². The monoisotopic (exact) mass is 284 g/mol. The second kappa shape index (κ2) is 6.36. The van der Waals surface area contributed by atoms with Gasteiger partial charge in [0.1, 0.15) is 5.75 Å². The van der Waals surface area contributed by atoms with Crippen LogP contribution in [0.3, 0.4) is 0 Å². The van der Waals surface area contributed by atoms with Crippen LogP contribution in [0.25, 0.3) is 0 Å². The summed E-state index contributed by atoms with van der Waals surface area (Å²) in [4.78, 5) is 0. The smallest absolute Gasteiger partial charge is 0.279 e. The molecule has 6 heteroatoms. The third kappa shape index (κ3) is 3.92. The third-order valence-electron chi connectivity index (χ3n) is 3.26. The maximum atomic E-state index is 11.9. The summed E-state index contributed by atoms with van der Waals surface area (Å²) in [5, 5.41) is 0. The summed E-state index contributed by atoms with van der Waals surface area (Å²) in [6.45, 7) is 1.70. The first-order valence-corrected chi connectivity index (χ1v) is 7.93. The largest absolute Gasteiger partial charge is 0.497 e. The summed E-state index contributed by atoms with van der Waals surface area (Å²) in [5.41, 5.74) is 1.09. The highest BCUT2D eigenvalue weighted by molar-refractivity contribution is 7.87. The van der Waals surface area contributed by atoms with Gasteiger partial charge in [0.15, 0.2) is 0 Å². The molecule has 1 fully saturated rings. The van der Waals surface area contributed by atoms with E-state index in [2.05, 4.69) is 4.72 Å². The van der Waals surface area contributed by atoms with Gasteiger partial charge in [0.25, 0.3) is 10.2 Å². The number of nitrogens with zero attached hydrogens (tertiary/aromatic N) is 1. The number of rotatable bonds is 6. The predicted octanol–water partition coefficient (Wildman–Crippen LogP) is 1.17. The van der Waals surface area contributed by atoms with E-state index in [-0.39, 0.29) is 0 Å². The van der Waals surface area contributed by atoms with Crippen LogP contribution in [-0.2, 0) is 16.6 Å². The van der Waals surface area contributed by atoms with Crippen molar-refractivity contribution in [1.29, 1.82) is 0 Å². The fraction of sp³-hybridized carbons (Fsp3) is 0.538. The summed E-state index contributed by atoms with van der Waals surface area (Å²) in [7, 11) is -1.66. The molecule has 0 aliphatic carbocycles. The Morgan fingerprint density at radius 1 is 1.21 bits per heavy atom. The molecule has 1 aliphatic rings. The van der Waals surface area contributed by atoms with Crippen molar-refractivity contribution in [2.75, 3.05) is 26.7 Å². The molecular formula is C13H20N2O3S. The van der Waals surface area contributed by atoms with Crippen LogP contribution in [0.1, 0.15) is 18.4 Å². The highest BCUT2D eigenvalue weighted by Gasteiger charge is 2.24. The zero-order valence-electron chi connectivity index (χ0n) is 11.1. The average molecular weight is 284 g/mol. The zero-order valence-corrected chi connectivity index (χ0v) is 11.9. The van der Waals surface area contributed by atoms with Gasteiger partial charge >= 0.3 is 0 Å². The van der Waals surface area contributed by atoms with Gasteiger partial charge in [-0.1, -0.05) is 12.1 Å². The highest BCUT2D eigenvalue weighted by atomic mass is 32.2. The number of hydrogen-bond acceptors (Lipinski definition) is 3. The maximum absolute atomic E-state index is 11.9. The summed E-state index contributed by atoms with van der Waals surface area (Å²) >= 11 is 0. The average Bonchev–Trinajstić information content (AvgIpc) is 2.94. The summed E-state index contributed by atoms with van der Waals surface area (Å²) in [5.74, 6) is 0.807. The van der Waals surface area contributed by atoms with Crippen molar-refractivity contribution >= 4 is 10.2 Å². The molecule has 1 N–H and O–H groups in total. The van der Waals surface area contributed by atoms with E-state index in [1.807, 2.05) is 24.3 Å². The minimum atomic E-state index is -3.28. The molecule has 1 aromatic carbocycles. The van der Waals surface area contributed by atoms with Gasteiger partial charge in [-0.15, -0.1) is 0 Å². The Labute approximate surface area is 114 Å². The second-order valence-corrected chi connectivity index (χ2v) is 6.36. The Balaban J connectivity index is 1.82. The number of hydrogen-bond donors (Lipinski definition) is 1. The predicted molar refractivity (Wildman–Crippen MR) is 74.4 cm³/mol. The molecule has 0 unspecified atom stereocenters. The Bertz CT molecular complexity index is 493. The quantitative estimate of drug-likeness (QED) is 0.853. The number of methoxy groups -OCH3 is 1. The molecule has 0 bridgehead atoms. The Kier molecular flexibility index (Phi) is 4.79. The topological polar surface area (TPSA) is 58.6 Å². The molecular weight excluding hydrogens is 264 g/mol. The number of ether oxygens (including phenoxy) is 1. The van der Waals surface area contributed by atoms with Crippen molar-refractivity contribution in [1.82, 2.24) is 9.03 Å². The van der Waals surface area contributed by atoms with Crippen molar-refractivity contribution in [3.8, 4) is 5.75 Å². The van der Waals surface area contributed by atoms with E-state index >= 15 is 0 Å². The van der Waals surface area contributed by atoms with Crippen molar-refractivity contribution in [2.24, 2.45) is 0 Å². The first kappa shape index (κ1) is 14.3. The molecule has 0 amide bonds. The van der Waals surface area contributed by atoms with Crippen LogP contribution in [0.5, 0.6) is 5.75 Å². The van der Waals surface area contributed by atoms with Crippen molar-refractivity contribution in [2.45, 2.75) is 19.3 Å². The first-order valence-electron chi connectivity index (χ1n) is 6.49. The molecule has 19 heavy (non-hydrogen) atoms. The zero-order chi connectivity index (χ0) is 13.7. The molecule has 0 radical (unpaired) electrons. The first-order chi connectivity index (χ1) is 9.12. The van der Waals surface area contributed by atoms with E-state index < -0.39 is 10.2 Å². The Morgan fingerprint density at radius 3 is 2.42 bits per heavy atom. The molecule has 0 spiro atoms. The Morgan fingerprint density at radius 2 is 1.84 bits per heavy atom. The van der Waals surface area contributed by atoms with Gasteiger partial charge in [-0.05, 0) is 37.0 Å². The van der Waals surface area contributed by atoms with Gasteiger partial charge in [0.2, 0.25) is 0 Å². The van der Waals surface area contributed by atoms with Crippen LogP contribution in [0.15, 0.2) is 24.3 Å². The lowest BCUT2D eigenvalue weighted by molar-refractivity contribution is 0.414. The highest BCUT2D eigenvalue weighted by Crippen LogP contribution is 2.13. The standard InChI is InChI=1S/C13H20N2O3S/c1-18-13-6-4-12(5-7-13)8-9-14-19(16,17)15-10-2-3-11-15/h4-7,14H,2-3,8-11H2,1H3. The lowest BCUT2D eigenvalue weighted by Gasteiger charge is -2.16. The molecule has 0 aromatic heterocycles. The molecule has 2 rings (SSSR count). The maximum Gasteiger partial charge on any atom is 0.279 e. The molecule has 0 atom stereocenters. The molecule has 1 heterocycles. The minimum Gasteiger partial charge on any atom is -0.497 e. The lowest BCUT2D eigenvalue weighted by atomic mass is 10.1. The lowest BCUT2D eigenvalue weighted by Crippen LogP contribution is -2.39. The van der Waals surface area contributed by atoms with Gasteiger partial charge in [0.05, 0.1) is 7.11 Å². The van der Waals surface area contributed by atoms with Gasteiger partial charge in [0, 0.05) is 19.6 Å². The molecule has 5 nitrogen and oxygen atoms in total. The molecule has 1 aliphatic heterocycles. The molecule has 1 saturated heterocycles. The normalized spacial score (nSPS) is 16.7. The van der Waals surface area contributed by atoms with E-state index in [9.17, 15) is 8.42 Å². The number of nitrogens with one attached hydrogen (secondary N) is 1. The van der Waals surface area contributed by atoms with Crippen molar-refractivity contribution < 1.29 is 13.2 Å². The fourth-order valence-corrected chi connectivity index (χ4v) is 3.42. The Hall–Kier alpha value is -1.11. The SMILES string of the molecule is COc1ccc(CCNS(=O)(=O)N2CCCC2)cc1. The van der Waals surface area contributed by atoms with Crippen LogP contribution in [0.4, 0.5) is 0 Å². The van der Waals surface area contributed by atoms with E-state index in [4.69, 9.17) is 4.74 Å². The van der Waals surface area contributed by atoms with E-state index in [0.29, 0.717) is 26.1 Å². The van der Waals surface area contributed by atoms with Crippen LogP contribution in [-0.4, -0.2) is 39.5 Å². The van der Waals surface area contributed by atoms with Crippen molar-refractivity contribution in [3.63, 3.8) is 0 Å². The summed E-state index contributed by atoms with van der Waals surface area (Å²) in [6.07, 6.45) is 2.59. The summed E-state index contributed by atoms with van der Waals surface area (Å²) in [6, 6.07) is 7.65. The van der Waals surface area contributed by atoms with Crippen LogP contribution < -0.4 is 9.46 Å². The van der Waals surface area contributed by atoms with E-state index in [0.717, 1.165) is 24.2 Å². The van der Waals surface area contributed by atoms with E-state index in [1.54, 1.807) is 7.11 Å². The summed E-state index contributed by atoms with van der Waals surface area (Å²) < 4.78 is 33.1. The number of benzene rings is 1. The minimum absolute atomic E-state index is 0.422. The fourth-order valence-electron chi connectivity index (χ4n) is 2.14. The second-order valence-electron chi connectivity index (χ2n) is 4.60. The van der Waals surface area contributed by atoms with E-state index in [1.165, 1.54) is 4.31 Å². The van der Waals surface area contributed by atoms with Gasteiger partial charge in [-0.3, -0.25) is 0 Å². The molecule has 106 valence electrons. The van der Waals surface area contributed by atoms with Crippen LogP contribution in [0, 0.1) is 0 Å². The molecule has 1 aromatic rings. The van der Waals surface area contributed by atoms with Gasteiger partial charge < -0.3 is 4.74 Å². The van der Waals surface area contributed by atoms with Crippen molar-refractivity contribution in [3.05, 3.63) is 29.8 Å². The molecule has 0 saturated carbocycles. The van der Waals surface area contributed by atoms with Crippen LogP contribution >= 0.6 is 0 Å². The third-order valence-corrected chi connectivity index (χ3v) is 4.88. The van der Waals surface area contributed by atoms with Crippen LogP contribution in [0.2, 0.25) is 0 Å².